The summed E-state index contributed by atoms with van der Waals surface area (Å²) < 4.78 is 61.9. The van der Waals surface area contributed by atoms with Crippen molar-refractivity contribution in [2.24, 2.45) is 5.41 Å². The van der Waals surface area contributed by atoms with E-state index >= 15 is 0 Å². The molecule has 0 unspecified atom stereocenters. The Morgan fingerprint density at radius 3 is 2.38 bits per heavy atom. The van der Waals surface area contributed by atoms with Crippen molar-refractivity contribution in [2.45, 2.75) is 75.8 Å². The molecule has 1 saturated carbocycles. The highest BCUT2D eigenvalue weighted by Gasteiger charge is 2.31. The largest absolute Gasteiger partial charge is 0.455 e. The van der Waals surface area contributed by atoms with E-state index in [1.54, 1.807) is 24.4 Å². The van der Waals surface area contributed by atoms with Gasteiger partial charge in [0.25, 0.3) is 21.6 Å². The van der Waals surface area contributed by atoms with Crippen molar-refractivity contribution in [2.75, 3.05) is 49.2 Å². The fourth-order valence-electron chi connectivity index (χ4n) is 9.05. The van der Waals surface area contributed by atoms with Crippen molar-refractivity contribution < 1.29 is 31.3 Å². The van der Waals surface area contributed by atoms with Crippen LogP contribution in [0.5, 0.6) is 11.5 Å². The summed E-state index contributed by atoms with van der Waals surface area (Å²) in [6.07, 6.45) is 9.65. The van der Waals surface area contributed by atoms with Gasteiger partial charge in [-0.1, -0.05) is 43.2 Å². The molecule has 3 aliphatic rings. The number of benzene rings is 3. The number of nitrogens with zero attached hydrogens (tertiary/aromatic N) is 4. The first-order valence-corrected chi connectivity index (χ1v) is 25.4. The summed E-state index contributed by atoms with van der Waals surface area (Å²) in [6.45, 7) is 8.53. The first-order valence-electron chi connectivity index (χ1n) is 21.7. The van der Waals surface area contributed by atoms with Crippen LogP contribution in [0.15, 0.2) is 95.7 Å². The molecular weight excluding hydrogens is 892 g/mol. The van der Waals surface area contributed by atoms with Crippen LogP contribution in [0.4, 0.5) is 17.1 Å². The molecule has 1 amide bonds. The topological polar surface area (TPSA) is 209 Å². The van der Waals surface area contributed by atoms with Crippen LogP contribution in [-0.2, 0) is 20.0 Å². The maximum Gasteiger partial charge on any atom is 0.293 e. The van der Waals surface area contributed by atoms with E-state index < -0.39 is 41.5 Å². The standard InChI is InChI=1S/C46H53ClN8O8S2/c1-46(2)18-16-32(40(27-46)30-4-6-33(47)7-5-30)29-53-20-22-54(23-21-53)36-12-14-39(43(25-36)63-37-24-31-17-19-48-44(31)49-28-37)45(56)52-65(61,62)38-13-15-41(42(26-38)55(57)58)50-34-8-10-35(11-9-34)51-64(3,59)60/h4-7,12-15,17,19,24-26,28,34-35,50-51H,8-11,16,18,20-23,27,29H2,1-3H3,(H,48,49)(H,52,56). The van der Waals surface area contributed by atoms with Gasteiger partial charge in [0.1, 0.15) is 22.8 Å². The number of carbonyl (C=O) groups excluding carboxylic acids is 1. The van der Waals surface area contributed by atoms with Crippen LogP contribution in [0.2, 0.25) is 5.02 Å². The van der Waals surface area contributed by atoms with Crippen molar-refractivity contribution in [3.05, 3.63) is 117 Å². The average molecular weight is 946 g/mol. The Balaban J connectivity index is 0.989. The predicted octanol–water partition coefficient (Wildman–Crippen LogP) is 8.09. The molecule has 2 aromatic heterocycles. The fourth-order valence-corrected chi connectivity index (χ4v) is 11.0. The van der Waals surface area contributed by atoms with Gasteiger partial charge in [-0.25, -0.2) is 31.3 Å². The van der Waals surface area contributed by atoms with E-state index in [4.69, 9.17) is 16.3 Å². The Morgan fingerprint density at radius 1 is 0.954 bits per heavy atom. The second-order valence-electron chi connectivity index (χ2n) is 18.0. The van der Waals surface area contributed by atoms with Crippen LogP contribution in [0.3, 0.4) is 0 Å². The van der Waals surface area contributed by atoms with Crippen LogP contribution in [0.1, 0.15) is 74.7 Å². The van der Waals surface area contributed by atoms with E-state index in [-0.39, 0.29) is 34.5 Å². The number of sulfonamides is 2. The number of H-pyrrole nitrogens is 1. The van der Waals surface area contributed by atoms with E-state index in [0.717, 1.165) is 67.3 Å². The van der Waals surface area contributed by atoms with Crippen LogP contribution in [0, 0.1) is 15.5 Å². The summed E-state index contributed by atoms with van der Waals surface area (Å²) >= 11 is 6.24. The van der Waals surface area contributed by atoms with Crippen LogP contribution in [0.25, 0.3) is 16.6 Å². The molecule has 16 nitrogen and oxygen atoms in total. The van der Waals surface area contributed by atoms with E-state index in [0.29, 0.717) is 50.2 Å². The van der Waals surface area contributed by atoms with Gasteiger partial charge in [0.2, 0.25) is 10.0 Å². The Hall–Kier alpha value is -5.53. The number of piperazine rings is 1. The lowest BCUT2D eigenvalue weighted by atomic mass is 9.72. The number of pyridine rings is 1. The summed E-state index contributed by atoms with van der Waals surface area (Å²) in [5.41, 5.74) is 5.27. The summed E-state index contributed by atoms with van der Waals surface area (Å²) in [5.74, 6) is -0.559. The monoisotopic (exact) mass is 944 g/mol. The quantitative estimate of drug-likeness (QED) is 0.0615. The van der Waals surface area contributed by atoms with Gasteiger partial charge in [0.15, 0.2) is 0 Å². The van der Waals surface area contributed by atoms with Gasteiger partial charge >= 0.3 is 0 Å². The number of rotatable bonds is 14. The highest BCUT2D eigenvalue weighted by atomic mass is 35.5. The van der Waals surface area contributed by atoms with Crippen LogP contribution in [-0.4, -0.2) is 93.6 Å². The minimum absolute atomic E-state index is 0.0687. The number of allylic oxidation sites excluding steroid dienone is 1. The third kappa shape index (κ3) is 11.3. The van der Waals surface area contributed by atoms with Gasteiger partial charge in [0, 0.05) is 79.2 Å². The average Bonchev–Trinajstić information content (AvgIpc) is 3.73. The number of aromatic amines is 1. The van der Waals surface area contributed by atoms with E-state index in [2.05, 4.69) is 60.5 Å². The fraction of sp³-hybridized carbons (Fsp3) is 0.391. The zero-order chi connectivity index (χ0) is 46.1. The molecular formula is C46H53ClN8O8S2. The van der Waals surface area contributed by atoms with Crippen molar-refractivity contribution in [1.29, 1.82) is 0 Å². The van der Waals surface area contributed by atoms with Crippen molar-refractivity contribution in [3.63, 3.8) is 0 Å². The zero-order valence-electron chi connectivity index (χ0n) is 36.5. The summed E-state index contributed by atoms with van der Waals surface area (Å²) in [7, 11) is -8.00. The number of ether oxygens (including phenoxy) is 1. The highest BCUT2D eigenvalue weighted by Crippen LogP contribution is 2.43. The SMILES string of the molecule is CC1(C)CCC(CN2CCN(c3ccc(C(=O)NS(=O)(=O)c4ccc(NC5CCC(NS(C)(=O)=O)CC5)c([N+](=O)[O-])c4)c(Oc4cnc5[nH]ccc5c4)c3)CC2)=C(c2ccc(Cl)cc2)C1. The minimum atomic E-state index is -4.62. The summed E-state index contributed by atoms with van der Waals surface area (Å²) in [4.78, 5) is 37.2. The first kappa shape index (κ1) is 46.0. The Bertz CT molecular complexity index is 2850. The molecule has 8 rings (SSSR count). The van der Waals surface area contributed by atoms with E-state index in [1.165, 1.54) is 41.1 Å². The molecule has 344 valence electrons. The number of halogens is 1. The maximum atomic E-state index is 14.0. The summed E-state index contributed by atoms with van der Waals surface area (Å²) in [6, 6.07) is 19.7. The molecule has 1 saturated heterocycles. The first-order chi connectivity index (χ1) is 30.9. The van der Waals surface area contributed by atoms with Gasteiger partial charge in [-0.05, 0) is 110 Å². The molecule has 0 radical (unpaired) electrons. The Morgan fingerprint density at radius 2 is 1.68 bits per heavy atom. The minimum Gasteiger partial charge on any atom is -0.455 e. The lowest BCUT2D eigenvalue weighted by Crippen LogP contribution is -2.47. The molecule has 4 N–H and O–H groups in total. The number of nitrogens with one attached hydrogen (secondary N) is 4. The third-order valence-electron chi connectivity index (χ3n) is 12.5. The van der Waals surface area contributed by atoms with Gasteiger partial charge < -0.3 is 19.9 Å². The second-order valence-corrected chi connectivity index (χ2v) is 21.9. The molecule has 2 aliphatic carbocycles. The normalized spacial score (nSPS) is 19.5. The zero-order valence-corrected chi connectivity index (χ0v) is 38.9. The second kappa shape index (κ2) is 18.8. The lowest BCUT2D eigenvalue weighted by Gasteiger charge is -2.39. The number of amides is 1. The molecule has 65 heavy (non-hydrogen) atoms. The van der Waals surface area contributed by atoms with Gasteiger partial charge in [-0.2, -0.15) is 0 Å². The van der Waals surface area contributed by atoms with Crippen LogP contribution >= 0.6 is 11.6 Å². The van der Waals surface area contributed by atoms with E-state index in [9.17, 15) is 31.7 Å². The van der Waals surface area contributed by atoms with Gasteiger partial charge in [-0.15, -0.1) is 0 Å². The van der Waals surface area contributed by atoms with E-state index in [1.807, 2.05) is 18.2 Å². The number of aromatic nitrogens is 2. The number of hydrogen-bond donors (Lipinski definition) is 4. The highest BCUT2D eigenvalue weighted by molar-refractivity contribution is 7.90. The Kier molecular flexibility index (Phi) is 13.3. The Labute approximate surface area is 384 Å². The predicted molar refractivity (Wildman–Crippen MR) is 253 cm³/mol. The number of hydrogen-bond acceptors (Lipinski definition) is 12. The molecule has 0 bridgehead atoms. The molecule has 5 aromatic rings. The number of anilines is 2. The number of nitro benzene ring substituents is 1. The molecule has 0 atom stereocenters. The summed E-state index contributed by atoms with van der Waals surface area (Å²) in [5, 5.41) is 16.8. The molecule has 1 aliphatic heterocycles. The maximum absolute atomic E-state index is 14.0. The molecule has 3 heterocycles. The molecule has 2 fully saturated rings. The number of fused-ring (bicyclic) bond motifs is 1. The third-order valence-corrected chi connectivity index (χ3v) is 14.9. The van der Waals surface area contributed by atoms with Crippen molar-refractivity contribution in [3.8, 4) is 11.5 Å². The van der Waals surface area contributed by atoms with Crippen molar-refractivity contribution in [1.82, 2.24) is 24.3 Å². The molecule has 0 spiro atoms. The number of carbonyl (C=O) groups is 1. The molecule has 3 aromatic carbocycles. The van der Waals surface area contributed by atoms with Crippen molar-refractivity contribution >= 4 is 71.2 Å². The van der Waals surface area contributed by atoms with Gasteiger partial charge in [0.05, 0.1) is 27.8 Å². The number of nitro groups is 1. The van der Waals surface area contributed by atoms with Crippen LogP contribution < -0.4 is 24.4 Å². The lowest BCUT2D eigenvalue weighted by molar-refractivity contribution is -0.384. The smallest absolute Gasteiger partial charge is 0.293 e. The molecule has 19 heteroatoms. The van der Waals surface area contributed by atoms with Gasteiger partial charge in [-0.3, -0.25) is 19.8 Å².